The van der Waals surface area contributed by atoms with Crippen molar-refractivity contribution in [3.05, 3.63) is 92.1 Å². The quantitative estimate of drug-likeness (QED) is 0.572. The van der Waals surface area contributed by atoms with Crippen molar-refractivity contribution in [1.82, 2.24) is 15.2 Å². The number of urea groups is 1. The number of ether oxygens (including phenoxy) is 1. The summed E-state index contributed by atoms with van der Waals surface area (Å²) in [6.07, 6.45) is 0. The molecule has 0 unspecified atom stereocenters. The van der Waals surface area contributed by atoms with Crippen LogP contribution in [0.15, 0.2) is 47.3 Å². The average Bonchev–Trinajstić information content (AvgIpc) is 2.76. The van der Waals surface area contributed by atoms with Gasteiger partial charge in [-0.15, -0.1) is 0 Å². The lowest BCUT2D eigenvalue weighted by Crippen LogP contribution is -2.32. The fourth-order valence-corrected chi connectivity index (χ4v) is 3.28. The fraction of sp³-hybridized carbons (Fsp3) is 0.182. The topological polar surface area (TPSA) is 72.4 Å². The summed E-state index contributed by atoms with van der Waals surface area (Å²) in [6, 6.07) is 8.15. The molecule has 2 aromatic carbocycles. The predicted molar refractivity (Wildman–Crippen MR) is 114 cm³/mol. The zero-order chi connectivity index (χ0) is 23.4. The van der Waals surface area contributed by atoms with Crippen LogP contribution in [-0.2, 0) is 13.2 Å². The number of amides is 2. The van der Waals surface area contributed by atoms with Crippen LogP contribution in [-0.4, -0.2) is 17.6 Å². The maximum absolute atomic E-state index is 14.2. The van der Waals surface area contributed by atoms with Crippen LogP contribution in [0.4, 0.5) is 18.0 Å². The molecular weight excluding hydrogens is 447 g/mol. The Labute approximate surface area is 186 Å². The first kappa shape index (κ1) is 23.2. The van der Waals surface area contributed by atoms with E-state index in [4.69, 9.17) is 16.3 Å². The number of aromatic nitrogens is 1. The molecule has 0 atom stereocenters. The zero-order valence-corrected chi connectivity index (χ0v) is 17.9. The van der Waals surface area contributed by atoms with E-state index in [-0.39, 0.29) is 29.6 Å². The highest BCUT2D eigenvalue weighted by atomic mass is 35.5. The van der Waals surface area contributed by atoms with E-state index in [1.165, 1.54) is 44.3 Å². The van der Waals surface area contributed by atoms with Gasteiger partial charge in [0, 0.05) is 25.4 Å². The molecule has 168 valence electrons. The molecule has 2 amide bonds. The molecule has 0 bridgehead atoms. The lowest BCUT2D eigenvalue weighted by molar-refractivity contribution is 0.242. The van der Waals surface area contributed by atoms with Gasteiger partial charge in [-0.2, -0.15) is 0 Å². The summed E-state index contributed by atoms with van der Waals surface area (Å²) < 4.78 is 48.5. The Balaban J connectivity index is 1.91. The number of halogens is 4. The number of nitrogens with one attached hydrogen (secondary N) is 2. The van der Waals surface area contributed by atoms with E-state index < -0.39 is 34.7 Å². The smallest absolute Gasteiger partial charge is 0.314 e. The van der Waals surface area contributed by atoms with Gasteiger partial charge >= 0.3 is 6.03 Å². The Morgan fingerprint density at radius 2 is 1.78 bits per heavy atom. The molecule has 3 aromatic rings. The molecular formula is C22H19ClF3N3O3. The predicted octanol–water partition coefficient (Wildman–Crippen LogP) is 4.22. The van der Waals surface area contributed by atoms with E-state index in [0.717, 1.165) is 16.7 Å². The molecule has 0 aliphatic heterocycles. The molecule has 0 saturated heterocycles. The summed E-state index contributed by atoms with van der Waals surface area (Å²) in [5.74, 6) is -2.33. The number of rotatable bonds is 6. The van der Waals surface area contributed by atoms with Crippen molar-refractivity contribution in [1.29, 1.82) is 0 Å². The molecule has 0 spiro atoms. The third-order valence-electron chi connectivity index (χ3n) is 4.68. The summed E-state index contributed by atoms with van der Waals surface area (Å²) in [4.78, 5) is 24.2. The van der Waals surface area contributed by atoms with Gasteiger partial charge in [0.2, 0.25) is 0 Å². The van der Waals surface area contributed by atoms with Gasteiger partial charge in [0.1, 0.15) is 40.5 Å². The van der Waals surface area contributed by atoms with Crippen molar-refractivity contribution in [2.45, 2.75) is 20.1 Å². The van der Waals surface area contributed by atoms with E-state index in [0.29, 0.717) is 11.1 Å². The number of para-hydroxylation sites is 1. The number of carbonyl (C=O) groups is 1. The number of hydrogen-bond acceptors (Lipinski definition) is 3. The van der Waals surface area contributed by atoms with Crippen molar-refractivity contribution >= 4 is 17.6 Å². The molecule has 0 saturated carbocycles. The molecule has 1 aromatic heterocycles. The van der Waals surface area contributed by atoms with Crippen LogP contribution in [0.5, 0.6) is 5.75 Å². The second-order valence-corrected chi connectivity index (χ2v) is 7.19. The second-order valence-electron chi connectivity index (χ2n) is 6.81. The normalized spacial score (nSPS) is 10.7. The monoisotopic (exact) mass is 465 g/mol. The zero-order valence-electron chi connectivity index (χ0n) is 17.1. The van der Waals surface area contributed by atoms with Crippen molar-refractivity contribution in [2.75, 3.05) is 7.05 Å². The van der Waals surface area contributed by atoms with E-state index in [1.807, 2.05) is 0 Å². The van der Waals surface area contributed by atoms with Crippen LogP contribution < -0.4 is 20.9 Å². The summed E-state index contributed by atoms with van der Waals surface area (Å²) in [7, 11) is 1.45. The highest BCUT2D eigenvalue weighted by Gasteiger charge is 2.19. The first-order valence-corrected chi connectivity index (χ1v) is 9.83. The molecule has 1 heterocycles. The van der Waals surface area contributed by atoms with Crippen molar-refractivity contribution in [3.8, 4) is 11.4 Å². The standard InChI is InChI=1S/C22H19ClF3N3O3/c1-12-8-18(19(23)21(30)29(12)20-16(25)4-3-5-17(20)26)32-11-13-6-7-15(24)9-14(13)10-28-22(31)27-2/h3-9H,10-11H2,1-2H3,(H2,27,28,31). The van der Waals surface area contributed by atoms with Crippen LogP contribution in [0.1, 0.15) is 16.8 Å². The average molecular weight is 466 g/mol. The minimum atomic E-state index is -0.917. The molecule has 3 rings (SSSR count). The first-order valence-electron chi connectivity index (χ1n) is 9.45. The fourth-order valence-electron chi connectivity index (χ4n) is 3.09. The second kappa shape index (κ2) is 9.78. The van der Waals surface area contributed by atoms with Crippen molar-refractivity contribution < 1.29 is 22.7 Å². The molecule has 6 nitrogen and oxygen atoms in total. The maximum Gasteiger partial charge on any atom is 0.314 e. The van der Waals surface area contributed by atoms with Gasteiger partial charge < -0.3 is 15.4 Å². The Bertz CT molecular complexity index is 1210. The first-order chi connectivity index (χ1) is 15.2. The molecule has 0 fully saturated rings. The third-order valence-corrected chi connectivity index (χ3v) is 5.03. The molecule has 0 radical (unpaired) electrons. The third kappa shape index (κ3) is 4.88. The van der Waals surface area contributed by atoms with Crippen LogP contribution in [0.2, 0.25) is 5.02 Å². The molecule has 10 heteroatoms. The van der Waals surface area contributed by atoms with Gasteiger partial charge in [-0.1, -0.05) is 23.7 Å². The van der Waals surface area contributed by atoms with Crippen LogP contribution in [0.25, 0.3) is 5.69 Å². The Morgan fingerprint density at radius 1 is 1.09 bits per heavy atom. The van der Waals surface area contributed by atoms with E-state index in [9.17, 15) is 22.8 Å². The Kier molecular flexibility index (Phi) is 7.09. The highest BCUT2D eigenvalue weighted by molar-refractivity contribution is 6.31. The van der Waals surface area contributed by atoms with Gasteiger partial charge in [0.15, 0.2) is 0 Å². The van der Waals surface area contributed by atoms with E-state index in [1.54, 1.807) is 0 Å². The largest absolute Gasteiger partial charge is 0.487 e. The van der Waals surface area contributed by atoms with Gasteiger partial charge in [-0.3, -0.25) is 9.36 Å². The van der Waals surface area contributed by atoms with Crippen molar-refractivity contribution in [2.24, 2.45) is 0 Å². The van der Waals surface area contributed by atoms with Crippen molar-refractivity contribution in [3.63, 3.8) is 0 Å². The molecule has 0 aliphatic rings. The number of benzene rings is 2. The maximum atomic E-state index is 14.2. The molecule has 2 N–H and O–H groups in total. The summed E-state index contributed by atoms with van der Waals surface area (Å²) >= 11 is 6.15. The number of carbonyl (C=O) groups excluding carboxylic acids is 1. The summed E-state index contributed by atoms with van der Waals surface area (Å²) in [6.45, 7) is 1.42. The Morgan fingerprint density at radius 3 is 2.44 bits per heavy atom. The molecule has 0 aliphatic carbocycles. The number of pyridine rings is 1. The summed E-state index contributed by atoms with van der Waals surface area (Å²) in [5, 5.41) is 4.58. The van der Waals surface area contributed by atoms with Gasteiger partial charge in [0.25, 0.3) is 5.56 Å². The van der Waals surface area contributed by atoms with E-state index >= 15 is 0 Å². The SMILES string of the molecule is CNC(=O)NCc1cc(F)ccc1COc1cc(C)n(-c2c(F)cccc2F)c(=O)c1Cl. The lowest BCUT2D eigenvalue weighted by Gasteiger charge is -2.16. The minimum Gasteiger partial charge on any atom is -0.487 e. The van der Waals surface area contributed by atoms with Crippen LogP contribution in [0.3, 0.4) is 0 Å². The number of hydrogen-bond donors (Lipinski definition) is 2. The Hall–Kier alpha value is -3.46. The van der Waals surface area contributed by atoms with Gasteiger partial charge in [-0.05, 0) is 42.3 Å². The van der Waals surface area contributed by atoms with Crippen LogP contribution in [0, 0.1) is 24.4 Å². The number of aryl methyl sites for hydroxylation is 1. The van der Waals surface area contributed by atoms with E-state index in [2.05, 4.69) is 10.6 Å². The van der Waals surface area contributed by atoms with Crippen LogP contribution >= 0.6 is 11.6 Å². The minimum absolute atomic E-state index is 0.00306. The lowest BCUT2D eigenvalue weighted by atomic mass is 10.1. The highest BCUT2D eigenvalue weighted by Crippen LogP contribution is 2.26. The summed E-state index contributed by atoms with van der Waals surface area (Å²) in [5.41, 5.74) is -0.195. The van der Waals surface area contributed by atoms with Gasteiger partial charge in [0.05, 0.1) is 0 Å². The molecule has 32 heavy (non-hydrogen) atoms. The number of nitrogens with zero attached hydrogens (tertiary/aromatic N) is 1. The van der Waals surface area contributed by atoms with Gasteiger partial charge in [-0.25, -0.2) is 18.0 Å².